The van der Waals surface area contributed by atoms with Crippen LogP contribution in [0.4, 0.5) is 5.69 Å². The number of hydrogen-bond donors (Lipinski definition) is 2. The van der Waals surface area contributed by atoms with Crippen LogP contribution in [0.2, 0.25) is 10.0 Å². The number of anilines is 1. The standard InChI is InChI=1S/C14H14Cl2N2O4/c1-7(22-14(21)11-2-3-12(19)18-11)13(20)17-10-5-8(15)4-9(16)6-10/h4-7,11H,2-3H2,1H3,(H,17,20)(H,18,19)/t7-,11+/m1/s1. The molecular weight excluding hydrogens is 331 g/mol. The van der Waals surface area contributed by atoms with Crippen LogP contribution in [0, 0.1) is 0 Å². The molecule has 1 saturated heterocycles. The van der Waals surface area contributed by atoms with Crippen LogP contribution in [0.1, 0.15) is 19.8 Å². The summed E-state index contributed by atoms with van der Waals surface area (Å²) in [6, 6.07) is 3.89. The summed E-state index contributed by atoms with van der Waals surface area (Å²) in [5.41, 5.74) is 0.402. The van der Waals surface area contributed by atoms with Crippen LogP contribution in [-0.2, 0) is 19.1 Å². The summed E-state index contributed by atoms with van der Waals surface area (Å²) in [5, 5.41) is 5.79. The predicted molar refractivity (Wildman–Crippen MR) is 81.8 cm³/mol. The third-order valence-corrected chi connectivity index (χ3v) is 3.51. The van der Waals surface area contributed by atoms with E-state index in [1.165, 1.54) is 25.1 Å². The van der Waals surface area contributed by atoms with E-state index in [0.717, 1.165) is 0 Å². The first-order valence-corrected chi connectivity index (χ1v) is 7.37. The second-order valence-corrected chi connectivity index (χ2v) is 5.76. The first-order valence-electron chi connectivity index (χ1n) is 6.62. The van der Waals surface area contributed by atoms with Crippen molar-refractivity contribution in [2.75, 3.05) is 5.32 Å². The third kappa shape index (κ3) is 4.35. The first kappa shape index (κ1) is 16.6. The Morgan fingerprint density at radius 3 is 2.50 bits per heavy atom. The van der Waals surface area contributed by atoms with Gasteiger partial charge in [-0.2, -0.15) is 0 Å². The van der Waals surface area contributed by atoms with Crippen LogP contribution in [-0.4, -0.2) is 29.9 Å². The van der Waals surface area contributed by atoms with Crippen molar-refractivity contribution in [2.24, 2.45) is 0 Å². The van der Waals surface area contributed by atoms with Crippen LogP contribution >= 0.6 is 23.2 Å². The molecule has 1 aromatic rings. The Bertz CT molecular complexity index is 601. The molecule has 1 aliphatic heterocycles. The Balaban J connectivity index is 1.91. The molecule has 0 radical (unpaired) electrons. The van der Waals surface area contributed by atoms with E-state index in [2.05, 4.69) is 10.6 Å². The molecule has 2 atom stereocenters. The zero-order valence-corrected chi connectivity index (χ0v) is 13.2. The maximum atomic E-state index is 12.0. The third-order valence-electron chi connectivity index (χ3n) is 3.07. The molecule has 0 aliphatic carbocycles. The molecule has 0 unspecified atom stereocenters. The highest BCUT2D eigenvalue weighted by molar-refractivity contribution is 6.35. The minimum Gasteiger partial charge on any atom is -0.451 e. The van der Waals surface area contributed by atoms with E-state index in [-0.39, 0.29) is 12.3 Å². The average Bonchev–Trinajstić information content (AvgIpc) is 2.84. The number of ether oxygens (including phenoxy) is 1. The molecule has 1 fully saturated rings. The number of rotatable bonds is 4. The zero-order chi connectivity index (χ0) is 16.3. The largest absolute Gasteiger partial charge is 0.451 e. The van der Waals surface area contributed by atoms with E-state index in [1.54, 1.807) is 0 Å². The van der Waals surface area contributed by atoms with Gasteiger partial charge in [0.05, 0.1) is 0 Å². The fourth-order valence-corrected chi connectivity index (χ4v) is 2.50. The second-order valence-electron chi connectivity index (χ2n) is 4.89. The lowest BCUT2D eigenvalue weighted by Gasteiger charge is -2.16. The summed E-state index contributed by atoms with van der Waals surface area (Å²) >= 11 is 11.7. The molecule has 2 amide bonds. The van der Waals surface area contributed by atoms with E-state index in [0.29, 0.717) is 22.2 Å². The van der Waals surface area contributed by atoms with E-state index < -0.39 is 24.0 Å². The number of halogens is 2. The van der Waals surface area contributed by atoms with Crippen molar-refractivity contribution in [3.8, 4) is 0 Å². The zero-order valence-electron chi connectivity index (χ0n) is 11.7. The van der Waals surface area contributed by atoms with Crippen molar-refractivity contribution >= 4 is 46.7 Å². The predicted octanol–water partition coefficient (Wildman–Crippen LogP) is 2.14. The number of amides is 2. The number of carbonyl (C=O) groups excluding carboxylic acids is 3. The Kier molecular flexibility index (Phi) is 5.26. The molecule has 0 bridgehead atoms. The lowest BCUT2D eigenvalue weighted by Crippen LogP contribution is -2.39. The molecule has 2 rings (SSSR count). The Hall–Kier alpha value is -1.79. The van der Waals surface area contributed by atoms with Crippen LogP contribution < -0.4 is 10.6 Å². The highest BCUT2D eigenvalue weighted by Gasteiger charge is 2.30. The Labute approximate surface area is 137 Å². The fourth-order valence-electron chi connectivity index (χ4n) is 1.97. The van der Waals surface area contributed by atoms with Crippen molar-refractivity contribution in [3.05, 3.63) is 28.2 Å². The van der Waals surface area contributed by atoms with Crippen LogP contribution in [0.15, 0.2) is 18.2 Å². The maximum Gasteiger partial charge on any atom is 0.329 e. The first-order chi connectivity index (χ1) is 10.3. The summed E-state index contributed by atoms with van der Waals surface area (Å²) < 4.78 is 5.05. The lowest BCUT2D eigenvalue weighted by atomic mass is 10.2. The van der Waals surface area contributed by atoms with Gasteiger partial charge in [-0.3, -0.25) is 9.59 Å². The van der Waals surface area contributed by atoms with Crippen LogP contribution in [0.5, 0.6) is 0 Å². The monoisotopic (exact) mass is 344 g/mol. The van der Waals surface area contributed by atoms with E-state index >= 15 is 0 Å². The smallest absolute Gasteiger partial charge is 0.329 e. The van der Waals surface area contributed by atoms with Gasteiger partial charge in [0.2, 0.25) is 5.91 Å². The Morgan fingerprint density at radius 2 is 1.95 bits per heavy atom. The number of carbonyl (C=O) groups is 3. The minimum atomic E-state index is -1.01. The molecule has 6 nitrogen and oxygen atoms in total. The molecule has 22 heavy (non-hydrogen) atoms. The van der Waals surface area contributed by atoms with Gasteiger partial charge in [-0.1, -0.05) is 23.2 Å². The van der Waals surface area contributed by atoms with Gasteiger partial charge in [0.1, 0.15) is 6.04 Å². The van der Waals surface area contributed by atoms with E-state index in [9.17, 15) is 14.4 Å². The fraction of sp³-hybridized carbons (Fsp3) is 0.357. The summed E-state index contributed by atoms with van der Waals surface area (Å²) in [5.74, 6) is -1.35. The summed E-state index contributed by atoms with van der Waals surface area (Å²) in [4.78, 5) is 34.9. The topological polar surface area (TPSA) is 84.5 Å². The maximum absolute atomic E-state index is 12.0. The van der Waals surface area contributed by atoms with Gasteiger partial charge in [-0.15, -0.1) is 0 Å². The molecule has 0 saturated carbocycles. The molecule has 1 aromatic carbocycles. The average molecular weight is 345 g/mol. The molecule has 1 aliphatic rings. The molecule has 8 heteroatoms. The van der Waals surface area contributed by atoms with Crippen molar-refractivity contribution in [1.29, 1.82) is 0 Å². The molecule has 0 spiro atoms. The molecule has 0 aromatic heterocycles. The molecular formula is C14H14Cl2N2O4. The SMILES string of the molecule is C[C@@H](OC(=O)[C@@H]1CCC(=O)N1)C(=O)Nc1cc(Cl)cc(Cl)c1. The second kappa shape index (κ2) is 6.98. The summed E-state index contributed by atoms with van der Waals surface area (Å²) in [6.07, 6.45) is -0.361. The number of hydrogen-bond acceptors (Lipinski definition) is 4. The van der Waals surface area contributed by atoms with Crippen molar-refractivity contribution < 1.29 is 19.1 Å². The van der Waals surface area contributed by atoms with Gasteiger partial charge >= 0.3 is 5.97 Å². The van der Waals surface area contributed by atoms with Crippen molar-refractivity contribution in [2.45, 2.75) is 31.9 Å². The minimum absolute atomic E-state index is 0.201. The summed E-state index contributed by atoms with van der Waals surface area (Å²) in [6.45, 7) is 1.44. The quantitative estimate of drug-likeness (QED) is 0.819. The number of benzene rings is 1. The van der Waals surface area contributed by atoms with Gasteiger partial charge < -0.3 is 15.4 Å². The lowest BCUT2D eigenvalue weighted by molar-refractivity contribution is -0.155. The molecule has 118 valence electrons. The molecule has 2 N–H and O–H groups in total. The highest BCUT2D eigenvalue weighted by Crippen LogP contribution is 2.22. The van der Waals surface area contributed by atoms with Gasteiger partial charge in [0.15, 0.2) is 6.10 Å². The van der Waals surface area contributed by atoms with Crippen LogP contribution in [0.3, 0.4) is 0 Å². The number of esters is 1. The van der Waals surface area contributed by atoms with Crippen molar-refractivity contribution in [1.82, 2.24) is 5.32 Å². The van der Waals surface area contributed by atoms with E-state index in [4.69, 9.17) is 27.9 Å². The normalized spacial score (nSPS) is 18.5. The molecule has 1 heterocycles. The van der Waals surface area contributed by atoms with Gasteiger partial charge in [0, 0.05) is 22.2 Å². The highest BCUT2D eigenvalue weighted by atomic mass is 35.5. The number of nitrogens with one attached hydrogen (secondary N) is 2. The Morgan fingerprint density at radius 1 is 1.32 bits per heavy atom. The van der Waals surface area contributed by atoms with Crippen LogP contribution in [0.25, 0.3) is 0 Å². The summed E-state index contributed by atoms with van der Waals surface area (Å²) in [7, 11) is 0. The van der Waals surface area contributed by atoms with Gasteiger partial charge in [0.25, 0.3) is 5.91 Å². The van der Waals surface area contributed by atoms with Gasteiger partial charge in [-0.05, 0) is 31.5 Å². The van der Waals surface area contributed by atoms with Gasteiger partial charge in [-0.25, -0.2) is 4.79 Å². The van der Waals surface area contributed by atoms with E-state index in [1.807, 2.05) is 0 Å². The van der Waals surface area contributed by atoms with Crippen molar-refractivity contribution in [3.63, 3.8) is 0 Å².